The number of nitrogens with zero attached hydrogens (tertiary/aromatic N) is 5. The predicted molar refractivity (Wildman–Crippen MR) is 131 cm³/mol. The van der Waals surface area contributed by atoms with Crippen molar-refractivity contribution in [2.45, 2.75) is 39.2 Å². The Balaban J connectivity index is 1.36. The molecule has 32 heavy (non-hydrogen) atoms. The number of aromatic nitrogens is 2. The molecule has 174 valence electrons. The molecule has 0 atom stereocenters. The Bertz CT molecular complexity index is 871. The van der Waals surface area contributed by atoms with E-state index >= 15 is 0 Å². The molecule has 2 aromatic rings. The number of aliphatic hydroxyl groups is 1. The molecule has 2 N–H and O–H groups in total. The van der Waals surface area contributed by atoms with Crippen molar-refractivity contribution in [1.29, 1.82) is 0 Å². The van der Waals surface area contributed by atoms with E-state index < -0.39 is 0 Å². The third-order valence-electron chi connectivity index (χ3n) is 6.88. The summed E-state index contributed by atoms with van der Waals surface area (Å²) in [5.74, 6) is 1.72. The van der Waals surface area contributed by atoms with E-state index in [0.29, 0.717) is 0 Å². The summed E-state index contributed by atoms with van der Waals surface area (Å²) in [4.78, 5) is 16.9. The largest absolute Gasteiger partial charge is 0.393 e. The van der Waals surface area contributed by atoms with Gasteiger partial charge in [-0.1, -0.05) is 0 Å². The molecule has 0 spiro atoms. The summed E-state index contributed by atoms with van der Waals surface area (Å²) >= 11 is 0. The Hall–Kier alpha value is -2.22. The average Bonchev–Trinajstić information content (AvgIpc) is 2.81. The lowest BCUT2D eigenvalue weighted by Crippen LogP contribution is -2.44. The van der Waals surface area contributed by atoms with Crippen LogP contribution in [0.1, 0.15) is 30.5 Å². The van der Waals surface area contributed by atoms with Crippen LogP contribution in [-0.4, -0.2) is 90.4 Å². The second-order valence-corrected chi connectivity index (χ2v) is 9.30. The highest BCUT2D eigenvalue weighted by Crippen LogP contribution is 2.25. The molecule has 0 unspecified atom stereocenters. The van der Waals surface area contributed by atoms with Crippen molar-refractivity contribution in [1.82, 2.24) is 19.8 Å². The second-order valence-electron chi connectivity index (χ2n) is 9.30. The molecular weight excluding hydrogens is 400 g/mol. The summed E-state index contributed by atoms with van der Waals surface area (Å²) in [6, 6.07) is 8.68. The maximum atomic E-state index is 9.66. The van der Waals surface area contributed by atoms with Gasteiger partial charge in [-0.25, -0.2) is 9.97 Å². The van der Waals surface area contributed by atoms with E-state index in [0.717, 1.165) is 100 Å². The van der Waals surface area contributed by atoms with Crippen molar-refractivity contribution in [2.75, 3.05) is 69.6 Å². The minimum absolute atomic E-state index is 0.106. The Morgan fingerprint density at radius 3 is 2.34 bits per heavy atom. The number of aliphatic hydroxyl groups excluding tert-OH is 1. The van der Waals surface area contributed by atoms with Crippen molar-refractivity contribution in [3.63, 3.8) is 0 Å². The van der Waals surface area contributed by atoms with Gasteiger partial charge in [0.25, 0.3) is 0 Å². The first-order valence-electron chi connectivity index (χ1n) is 12.0. The molecule has 3 heterocycles. The number of piperidine rings is 1. The molecule has 1 aromatic carbocycles. The molecule has 2 fully saturated rings. The molecule has 7 nitrogen and oxygen atoms in total. The van der Waals surface area contributed by atoms with Gasteiger partial charge in [0.15, 0.2) is 5.82 Å². The summed E-state index contributed by atoms with van der Waals surface area (Å²) in [5.41, 5.74) is 4.46. The summed E-state index contributed by atoms with van der Waals surface area (Å²) in [6.07, 6.45) is 2.75. The first-order valence-corrected chi connectivity index (χ1v) is 12.0. The second kappa shape index (κ2) is 10.6. The summed E-state index contributed by atoms with van der Waals surface area (Å²) in [7, 11) is 2.18. The van der Waals surface area contributed by atoms with Crippen LogP contribution in [-0.2, 0) is 0 Å². The van der Waals surface area contributed by atoms with E-state index in [2.05, 4.69) is 65.2 Å². The standard InChI is InChI=1S/C25H38N6O/c1-19-20(2)27-25(21-5-7-22(8-6-21)31-17-15-29(3)16-18-31)28-24(19)26-11-4-12-30-13-9-23(32)10-14-30/h5-8,23,32H,4,9-18H2,1-3H3,(H,26,27,28). The maximum absolute atomic E-state index is 9.66. The van der Waals surface area contributed by atoms with Gasteiger partial charge >= 0.3 is 0 Å². The summed E-state index contributed by atoms with van der Waals surface area (Å²) in [5, 5.41) is 13.2. The number of hydrogen-bond acceptors (Lipinski definition) is 7. The van der Waals surface area contributed by atoms with Crippen molar-refractivity contribution < 1.29 is 5.11 Å². The van der Waals surface area contributed by atoms with E-state index in [9.17, 15) is 5.11 Å². The van der Waals surface area contributed by atoms with Crippen molar-refractivity contribution in [2.24, 2.45) is 0 Å². The van der Waals surface area contributed by atoms with Crippen molar-refractivity contribution >= 4 is 11.5 Å². The number of likely N-dealkylation sites (tertiary alicyclic amines) is 1. The number of nitrogens with one attached hydrogen (secondary N) is 1. The molecule has 0 aliphatic carbocycles. The zero-order chi connectivity index (χ0) is 22.5. The van der Waals surface area contributed by atoms with Gasteiger partial charge in [0.05, 0.1) is 6.10 Å². The summed E-state index contributed by atoms with van der Waals surface area (Å²) < 4.78 is 0. The van der Waals surface area contributed by atoms with Crippen LogP contribution in [0, 0.1) is 13.8 Å². The molecule has 7 heteroatoms. The van der Waals surface area contributed by atoms with Gasteiger partial charge in [0.1, 0.15) is 5.82 Å². The van der Waals surface area contributed by atoms with E-state index in [1.54, 1.807) is 0 Å². The molecule has 0 radical (unpaired) electrons. The Labute approximate surface area is 192 Å². The fourth-order valence-corrected chi connectivity index (χ4v) is 4.47. The molecule has 2 saturated heterocycles. The topological polar surface area (TPSA) is 67.8 Å². The molecule has 0 saturated carbocycles. The van der Waals surface area contributed by atoms with Gasteiger partial charge < -0.3 is 25.1 Å². The number of likely N-dealkylation sites (N-methyl/N-ethyl adjacent to an activating group) is 1. The van der Waals surface area contributed by atoms with Crippen LogP contribution in [0.2, 0.25) is 0 Å². The van der Waals surface area contributed by atoms with E-state index in [1.807, 2.05) is 0 Å². The van der Waals surface area contributed by atoms with Crippen LogP contribution in [0.15, 0.2) is 24.3 Å². The monoisotopic (exact) mass is 438 g/mol. The molecular formula is C25H38N6O. The minimum atomic E-state index is -0.106. The van der Waals surface area contributed by atoms with Crippen molar-refractivity contribution in [3.05, 3.63) is 35.5 Å². The average molecular weight is 439 g/mol. The molecule has 4 rings (SSSR count). The fraction of sp³-hybridized carbons (Fsp3) is 0.600. The Morgan fingerprint density at radius 1 is 0.969 bits per heavy atom. The number of piperazine rings is 1. The predicted octanol–water partition coefficient (Wildman–Crippen LogP) is 2.77. The lowest BCUT2D eigenvalue weighted by molar-refractivity contribution is 0.0825. The highest BCUT2D eigenvalue weighted by molar-refractivity contribution is 5.63. The van der Waals surface area contributed by atoms with Crippen LogP contribution in [0.3, 0.4) is 0 Å². The SMILES string of the molecule is Cc1nc(-c2ccc(N3CCN(C)CC3)cc2)nc(NCCCN2CCC(O)CC2)c1C. The Morgan fingerprint density at radius 2 is 1.66 bits per heavy atom. The van der Waals surface area contributed by atoms with E-state index in [-0.39, 0.29) is 6.10 Å². The van der Waals surface area contributed by atoms with Gasteiger partial charge in [-0.15, -0.1) is 0 Å². The highest BCUT2D eigenvalue weighted by atomic mass is 16.3. The van der Waals surface area contributed by atoms with Crippen LogP contribution in [0.25, 0.3) is 11.4 Å². The molecule has 0 bridgehead atoms. The normalized spacial score (nSPS) is 18.8. The number of anilines is 2. The van der Waals surface area contributed by atoms with Crippen LogP contribution in [0.4, 0.5) is 11.5 Å². The first-order chi connectivity index (χ1) is 15.5. The lowest BCUT2D eigenvalue weighted by Gasteiger charge is -2.34. The third-order valence-corrected chi connectivity index (χ3v) is 6.88. The molecule has 2 aliphatic heterocycles. The fourth-order valence-electron chi connectivity index (χ4n) is 4.47. The number of benzene rings is 1. The quantitative estimate of drug-likeness (QED) is 0.644. The van der Waals surface area contributed by atoms with Gasteiger partial charge in [0, 0.05) is 68.3 Å². The molecule has 2 aliphatic rings. The minimum Gasteiger partial charge on any atom is -0.393 e. The van der Waals surface area contributed by atoms with Gasteiger partial charge in [-0.05, 0) is 71.0 Å². The van der Waals surface area contributed by atoms with Gasteiger partial charge in [-0.2, -0.15) is 0 Å². The van der Waals surface area contributed by atoms with Gasteiger partial charge in [0.2, 0.25) is 0 Å². The number of hydrogen-bond donors (Lipinski definition) is 2. The van der Waals surface area contributed by atoms with Crippen LogP contribution < -0.4 is 10.2 Å². The third kappa shape index (κ3) is 5.77. The summed E-state index contributed by atoms with van der Waals surface area (Å²) in [6.45, 7) is 12.5. The number of rotatable bonds is 7. The lowest BCUT2D eigenvalue weighted by atomic mass is 10.1. The smallest absolute Gasteiger partial charge is 0.161 e. The Kier molecular flexibility index (Phi) is 7.60. The highest BCUT2D eigenvalue weighted by Gasteiger charge is 2.17. The zero-order valence-corrected chi connectivity index (χ0v) is 19.8. The number of aryl methyl sites for hydroxylation is 1. The van der Waals surface area contributed by atoms with E-state index in [1.165, 1.54) is 5.69 Å². The van der Waals surface area contributed by atoms with E-state index in [4.69, 9.17) is 9.97 Å². The van der Waals surface area contributed by atoms with Crippen LogP contribution >= 0.6 is 0 Å². The van der Waals surface area contributed by atoms with Crippen LogP contribution in [0.5, 0.6) is 0 Å². The zero-order valence-electron chi connectivity index (χ0n) is 19.8. The molecule has 0 amide bonds. The first kappa shape index (κ1) is 23.0. The van der Waals surface area contributed by atoms with Gasteiger partial charge in [-0.3, -0.25) is 0 Å². The van der Waals surface area contributed by atoms with Crippen molar-refractivity contribution in [3.8, 4) is 11.4 Å². The maximum Gasteiger partial charge on any atom is 0.161 e. The molecule has 1 aromatic heterocycles.